The molecule has 0 amide bonds. The van der Waals surface area contributed by atoms with Crippen LogP contribution in [0.15, 0.2) is 23.1 Å². The van der Waals surface area contributed by atoms with E-state index in [1.54, 1.807) is 0 Å². The lowest BCUT2D eigenvalue weighted by molar-refractivity contribution is 0.537. The number of hydrogen-bond acceptors (Lipinski definition) is 3. The number of sulfonamides is 1. The Morgan fingerprint density at radius 2 is 1.95 bits per heavy atom. The summed E-state index contributed by atoms with van der Waals surface area (Å²) in [4.78, 5) is 0.421. The van der Waals surface area contributed by atoms with E-state index in [1.807, 2.05) is 32.0 Å². The monoisotopic (exact) mass is 308 g/mol. The molecule has 2 aliphatic carbocycles. The van der Waals surface area contributed by atoms with Crippen LogP contribution in [0.3, 0.4) is 0 Å². The molecule has 2 saturated carbocycles. The third-order valence-electron chi connectivity index (χ3n) is 4.38. The Balaban J connectivity index is 1.76. The fourth-order valence-electron chi connectivity index (χ4n) is 2.59. The van der Waals surface area contributed by atoms with Gasteiger partial charge in [0.05, 0.1) is 4.90 Å². The maximum Gasteiger partial charge on any atom is 0.241 e. The van der Waals surface area contributed by atoms with Gasteiger partial charge in [-0.25, -0.2) is 13.1 Å². The molecule has 2 N–H and O–H groups in total. The van der Waals surface area contributed by atoms with Crippen LogP contribution in [0.2, 0.25) is 0 Å². The average molecular weight is 308 g/mol. The molecule has 1 atom stereocenters. The summed E-state index contributed by atoms with van der Waals surface area (Å²) in [6.07, 6.45) is 4.73. The molecule has 4 nitrogen and oxygen atoms in total. The Hall–Kier alpha value is -0.910. The van der Waals surface area contributed by atoms with Crippen LogP contribution in [0, 0.1) is 12.8 Å². The van der Waals surface area contributed by atoms with Crippen molar-refractivity contribution in [2.75, 3.05) is 0 Å². The number of benzene rings is 1. The van der Waals surface area contributed by atoms with E-state index in [-0.39, 0.29) is 6.04 Å². The van der Waals surface area contributed by atoms with Gasteiger partial charge in [0, 0.05) is 18.6 Å². The largest absolute Gasteiger partial charge is 0.310 e. The summed E-state index contributed by atoms with van der Waals surface area (Å²) in [6, 6.07) is 6.38. The topological polar surface area (TPSA) is 58.2 Å². The molecule has 0 aromatic heterocycles. The Labute approximate surface area is 127 Å². The second-order valence-corrected chi connectivity index (χ2v) is 8.18. The van der Waals surface area contributed by atoms with Crippen LogP contribution in [-0.4, -0.2) is 20.5 Å². The minimum Gasteiger partial charge on any atom is -0.310 e. The first-order valence-electron chi connectivity index (χ1n) is 7.81. The van der Waals surface area contributed by atoms with Gasteiger partial charge in [-0.3, -0.25) is 0 Å². The van der Waals surface area contributed by atoms with Crippen LogP contribution >= 0.6 is 0 Å². The highest BCUT2D eigenvalue weighted by Crippen LogP contribution is 2.33. The van der Waals surface area contributed by atoms with E-state index in [9.17, 15) is 8.42 Å². The van der Waals surface area contributed by atoms with E-state index in [4.69, 9.17) is 0 Å². The van der Waals surface area contributed by atoms with Gasteiger partial charge < -0.3 is 5.32 Å². The van der Waals surface area contributed by atoms with Crippen LogP contribution in [0.5, 0.6) is 0 Å². The molecule has 116 valence electrons. The molecule has 1 unspecified atom stereocenters. The maximum absolute atomic E-state index is 12.6. The fourth-order valence-corrected chi connectivity index (χ4v) is 4.20. The van der Waals surface area contributed by atoms with Gasteiger partial charge in [-0.1, -0.05) is 12.1 Å². The number of hydrogen-bond donors (Lipinski definition) is 2. The molecule has 0 spiro atoms. The Bertz CT molecular complexity index is 619. The second-order valence-electron chi connectivity index (χ2n) is 6.50. The molecule has 1 aromatic rings. The highest BCUT2D eigenvalue weighted by atomic mass is 32.2. The predicted octanol–water partition coefficient (Wildman–Crippen LogP) is 2.32. The molecule has 2 fully saturated rings. The molecule has 2 aliphatic rings. The van der Waals surface area contributed by atoms with Crippen LogP contribution in [0.1, 0.15) is 43.7 Å². The molecule has 0 heterocycles. The molecule has 0 radical (unpaired) electrons. The molecule has 3 rings (SSSR count). The lowest BCUT2D eigenvalue weighted by atomic mass is 10.1. The summed E-state index contributed by atoms with van der Waals surface area (Å²) >= 11 is 0. The normalized spacial score (nSPS) is 20.5. The van der Waals surface area contributed by atoms with E-state index in [2.05, 4.69) is 10.0 Å². The van der Waals surface area contributed by atoms with E-state index < -0.39 is 10.0 Å². The first-order chi connectivity index (χ1) is 9.95. The van der Waals surface area contributed by atoms with E-state index >= 15 is 0 Å². The van der Waals surface area contributed by atoms with Crippen molar-refractivity contribution in [3.63, 3.8) is 0 Å². The Morgan fingerprint density at radius 1 is 1.24 bits per heavy atom. The molecular weight excluding hydrogens is 284 g/mol. The lowest BCUT2D eigenvalue weighted by Gasteiger charge is -2.16. The molecular formula is C16H24N2O2S. The molecule has 1 aromatic carbocycles. The van der Waals surface area contributed by atoms with Crippen LogP contribution < -0.4 is 10.0 Å². The first kappa shape index (κ1) is 15.0. The zero-order chi connectivity index (χ0) is 15.0. The van der Waals surface area contributed by atoms with Crippen molar-refractivity contribution < 1.29 is 8.42 Å². The maximum atomic E-state index is 12.6. The second kappa shape index (κ2) is 5.71. The number of aryl methyl sites for hydroxylation is 1. The van der Waals surface area contributed by atoms with Crippen molar-refractivity contribution in [1.82, 2.24) is 10.0 Å². The minimum absolute atomic E-state index is 0.0302. The highest BCUT2D eigenvalue weighted by molar-refractivity contribution is 7.89. The van der Waals surface area contributed by atoms with Gasteiger partial charge in [0.2, 0.25) is 10.0 Å². The zero-order valence-corrected chi connectivity index (χ0v) is 13.5. The third-order valence-corrected chi connectivity index (χ3v) is 6.09. The van der Waals surface area contributed by atoms with Crippen molar-refractivity contribution in [3.05, 3.63) is 29.3 Å². The van der Waals surface area contributed by atoms with Crippen LogP contribution in [-0.2, 0) is 16.6 Å². The van der Waals surface area contributed by atoms with Crippen LogP contribution in [0.4, 0.5) is 0 Å². The van der Waals surface area contributed by atoms with Crippen molar-refractivity contribution in [2.24, 2.45) is 5.92 Å². The molecule has 0 aliphatic heterocycles. The van der Waals surface area contributed by atoms with Crippen molar-refractivity contribution in [2.45, 2.75) is 63.1 Å². The third kappa shape index (κ3) is 3.84. The Morgan fingerprint density at radius 3 is 2.57 bits per heavy atom. The summed E-state index contributed by atoms with van der Waals surface area (Å²) in [6.45, 7) is 4.56. The minimum atomic E-state index is -3.42. The van der Waals surface area contributed by atoms with Crippen molar-refractivity contribution >= 4 is 10.0 Å². The summed E-state index contributed by atoms with van der Waals surface area (Å²) in [5.74, 6) is 0.514. The summed E-state index contributed by atoms with van der Waals surface area (Å²) in [5, 5.41) is 3.42. The summed E-state index contributed by atoms with van der Waals surface area (Å²) in [7, 11) is -3.42. The fraction of sp³-hybridized carbons (Fsp3) is 0.625. The summed E-state index contributed by atoms with van der Waals surface area (Å²) < 4.78 is 28.0. The first-order valence-corrected chi connectivity index (χ1v) is 9.29. The van der Waals surface area contributed by atoms with E-state index in [0.29, 0.717) is 16.9 Å². The standard InChI is InChI=1S/C16H24N2O2S/c1-11-3-4-13(10-17-15-7-8-15)9-16(11)21(19,20)18-12(2)14-5-6-14/h3-4,9,12,14-15,17-18H,5-8,10H2,1-2H3. The smallest absolute Gasteiger partial charge is 0.241 e. The number of rotatable bonds is 7. The van der Waals surface area contributed by atoms with Gasteiger partial charge in [-0.05, 0) is 62.6 Å². The lowest BCUT2D eigenvalue weighted by Crippen LogP contribution is -2.34. The van der Waals surface area contributed by atoms with Gasteiger partial charge in [0.15, 0.2) is 0 Å². The van der Waals surface area contributed by atoms with Crippen molar-refractivity contribution in [1.29, 1.82) is 0 Å². The van der Waals surface area contributed by atoms with Gasteiger partial charge in [0.25, 0.3) is 0 Å². The van der Waals surface area contributed by atoms with Gasteiger partial charge >= 0.3 is 0 Å². The van der Waals surface area contributed by atoms with E-state index in [1.165, 1.54) is 12.8 Å². The molecule has 0 bridgehead atoms. The summed E-state index contributed by atoms with van der Waals surface area (Å²) in [5.41, 5.74) is 1.84. The van der Waals surface area contributed by atoms with Crippen LogP contribution in [0.25, 0.3) is 0 Å². The SMILES string of the molecule is Cc1ccc(CNC2CC2)cc1S(=O)(=O)NC(C)C1CC1. The number of nitrogens with one attached hydrogen (secondary N) is 2. The molecule has 0 saturated heterocycles. The zero-order valence-electron chi connectivity index (χ0n) is 12.7. The predicted molar refractivity (Wildman–Crippen MR) is 83.5 cm³/mol. The van der Waals surface area contributed by atoms with E-state index in [0.717, 1.165) is 30.5 Å². The van der Waals surface area contributed by atoms with Crippen molar-refractivity contribution in [3.8, 4) is 0 Å². The van der Waals surface area contributed by atoms with Gasteiger partial charge in [-0.15, -0.1) is 0 Å². The Kier molecular flexibility index (Phi) is 4.08. The van der Waals surface area contributed by atoms with Gasteiger partial charge in [0.1, 0.15) is 0 Å². The average Bonchev–Trinajstić information content (AvgIpc) is 3.27. The molecule has 5 heteroatoms. The highest BCUT2D eigenvalue weighted by Gasteiger charge is 2.31. The van der Waals surface area contributed by atoms with Gasteiger partial charge in [-0.2, -0.15) is 0 Å². The quantitative estimate of drug-likeness (QED) is 0.813. The molecule has 21 heavy (non-hydrogen) atoms.